The second-order valence-corrected chi connectivity index (χ2v) is 13.9. The summed E-state index contributed by atoms with van der Waals surface area (Å²) in [7, 11) is 0. The number of likely N-dealkylation sites (tertiary alicyclic amines) is 1. The normalized spacial score (nSPS) is 20.8. The third-order valence-electron chi connectivity index (χ3n) is 10.5. The smallest absolute Gasteiger partial charge is 0.392 e. The second kappa shape index (κ2) is 13.7. The van der Waals surface area contributed by atoms with E-state index < -0.39 is 35.5 Å². The number of aromatic nitrogens is 2. The molecule has 3 N–H and O–H groups in total. The predicted octanol–water partition coefficient (Wildman–Crippen LogP) is 4.82. The summed E-state index contributed by atoms with van der Waals surface area (Å²) in [6.07, 6.45) is -1.47. The molecular formula is C39H39F3N6O4. The quantitative estimate of drug-likeness (QED) is 0.203. The van der Waals surface area contributed by atoms with Crippen LogP contribution in [0.3, 0.4) is 0 Å². The summed E-state index contributed by atoms with van der Waals surface area (Å²) < 4.78 is 42.2. The van der Waals surface area contributed by atoms with E-state index in [1.807, 2.05) is 48.5 Å². The van der Waals surface area contributed by atoms with E-state index in [2.05, 4.69) is 27.2 Å². The van der Waals surface area contributed by atoms with Gasteiger partial charge < -0.3 is 15.7 Å². The molecule has 1 aromatic heterocycles. The average molecular weight is 713 g/mol. The number of amides is 3. The first kappa shape index (κ1) is 35.1. The lowest BCUT2D eigenvalue weighted by molar-refractivity contribution is -0.155. The van der Waals surface area contributed by atoms with E-state index in [-0.39, 0.29) is 36.1 Å². The number of carbonyl (C=O) groups excluding carboxylic acids is 3. The van der Waals surface area contributed by atoms with Crippen LogP contribution < -0.4 is 15.5 Å². The van der Waals surface area contributed by atoms with E-state index in [9.17, 15) is 32.7 Å². The maximum atomic E-state index is 14.4. The Kier molecular flexibility index (Phi) is 9.26. The topological polar surface area (TPSA) is 120 Å². The van der Waals surface area contributed by atoms with Crippen LogP contribution in [0.5, 0.6) is 0 Å². The zero-order valence-electron chi connectivity index (χ0n) is 28.6. The van der Waals surface area contributed by atoms with Gasteiger partial charge in [0.2, 0.25) is 5.91 Å². The number of nitrogens with one attached hydrogen (secondary N) is 2. The summed E-state index contributed by atoms with van der Waals surface area (Å²) in [5, 5.41) is 20.4. The van der Waals surface area contributed by atoms with Crippen LogP contribution in [0, 0.1) is 5.41 Å². The zero-order chi connectivity index (χ0) is 36.8. The molecule has 1 spiro atoms. The molecule has 1 aliphatic carbocycles. The average Bonchev–Trinajstić information content (AvgIpc) is 3.56. The molecule has 1 saturated heterocycles. The van der Waals surface area contributed by atoms with E-state index in [1.165, 1.54) is 11.0 Å². The Balaban J connectivity index is 1.16. The van der Waals surface area contributed by atoms with Crippen LogP contribution in [-0.4, -0.2) is 75.8 Å². The fourth-order valence-corrected chi connectivity index (χ4v) is 7.63. The van der Waals surface area contributed by atoms with Crippen molar-refractivity contribution in [1.82, 2.24) is 25.3 Å². The SMILES string of the molecule is C=C(CN1CC2(CCC2O)C1)C(=O)NCc1cccc([C@@H]2c3cnn(-c4ccccc4)c3N(CC)C(=O)[C@H]2NC(=O)c2cccc(C(F)(F)F)c2)c1. The molecule has 3 amide bonds. The van der Waals surface area contributed by atoms with Gasteiger partial charge in [-0.15, -0.1) is 0 Å². The Morgan fingerprint density at radius 3 is 2.46 bits per heavy atom. The Bertz CT molecular complexity index is 2020. The molecule has 0 radical (unpaired) electrons. The highest BCUT2D eigenvalue weighted by molar-refractivity contribution is 6.05. The van der Waals surface area contributed by atoms with Gasteiger partial charge in [-0.1, -0.05) is 55.1 Å². The highest BCUT2D eigenvalue weighted by Crippen LogP contribution is 2.48. The largest absolute Gasteiger partial charge is 0.416 e. The molecule has 3 aromatic carbocycles. The third kappa shape index (κ3) is 6.50. The van der Waals surface area contributed by atoms with Crippen LogP contribution in [0.4, 0.5) is 19.0 Å². The number of hydrogen-bond acceptors (Lipinski definition) is 6. The molecule has 3 aliphatic rings. The van der Waals surface area contributed by atoms with Gasteiger partial charge in [-0.2, -0.15) is 18.3 Å². The standard InChI is InChI=1S/C39H39F3N6O4/c1-3-47-36-30(20-44-48(36)29-13-5-4-6-14-29)32(33(37(47)52)45-35(51)27-11-8-12-28(18-27)39(40,41)42)26-10-7-9-25(17-26)19-43-34(50)24(2)21-46-22-38(23-46)16-15-31(38)49/h4-14,17-18,20,31-33,49H,2-3,15-16,19,21-23H2,1H3,(H,43,50)(H,45,51)/t31?,32-,33+/m1/s1. The monoisotopic (exact) mass is 712 g/mol. The van der Waals surface area contributed by atoms with Crippen LogP contribution in [0.1, 0.15) is 58.3 Å². The predicted molar refractivity (Wildman–Crippen MR) is 188 cm³/mol. The van der Waals surface area contributed by atoms with Gasteiger partial charge in [0, 0.05) is 60.8 Å². The first-order valence-corrected chi connectivity index (χ1v) is 17.3. The van der Waals surface area contributed by atoms with Gasteiger partial charge in [0.1, 0.15) is 11.9 Å². The molecular weight excluding hydrogens is 673 g/mol. The number of anilines is 1. The Morgan fingerprint density at radius 1 is 1.04 bits per heavy atom. The number of rotatable bonds is 10. The summed E-state index contributed by atoms with van der Waals surface area (Å²) >= 11 is 0. The van der Waals surface area contributed by atoms with Gasteiger partial charge >= 0.3 is 6.18 Å². The number of benzene rings is 3. The van der Waals surface area contributed by atoms with Crippen molar-refractivity contribution < 1.29 is 32.7 Å². The summed E-state index contributed by atoms with van der Waals surface area (Å²) in [4.78, 5) is 44.6. The van der Waals surface area contributed by atoms with E-state index in [0.717, 1.165) is 49.7 Å². The minimum absolute atomic E-state index is 0.0340. The molecule has 1 unspecified atom stereocenters. The van der Waals surface area contributed by atoms with Gasteiger partial charge in [0.05, 0.1) is 23.6 Å². The minimum atomic E-state index is -4.65. The number of nitrogens with zero attached hydrogens (tertiary/aromatic N) is 4. The lowest BCUT2D eigenvalue weighted by Gasteiger charge is -2.59. The lowest BCUT2D eigenvalue weighted by Crippen LogP contribution is -2.66. The molecule has 3 heterocycles. The molecule has 7 rings (SSSR count). The van der Waals surface area contributed by atoms with Gasteiger partial charge in [-0.3, -0.25) is 24.2 Å². The van der Waals surface area contributed by atoms with Crippen molar-refractivity contribution >= 4 is 23.5 Å². The number of aliphatic hydroxyl groups excluding tert-OH is 1. The molecule has 0 bridgehead atoms. The van der Waals surface area contributed by atoms with Crippen molar-refractivity contribution in [1.29, 1.82) is 0 Å². The fraction of sp³-hybridized carbons (Fsp3) is 0.333. The first-order chi connectivity index (χ1) is 24.9. The summed E-state index contributed by atoms with van der Waals surface area (Å²) in [5.41, 5.74) is 1.89. The summed E-state index contributed by atoms with van der Waals surface area (Å²) in [5.74, 6) is -1.83. The van der Waals surface area contributed by atoms with Gasteiger partial charge in [-0.05, 0) is 61.2 Å². The molecule has 52 heavy (non-hydrogen) atoms. The van der Waals surface area contributed by atoms with Crippen molar-refractivity contribution in [3.05, 3.63) is 125 Å². The summed E-state index contributed by atoms with van der Waals surface area (Å²) in [6.45, 7) is 8.06. The van der Waals surface area contributed by atoms with Gasteiger partial charge in [0.25, 0.3) is 11.8 Å². The fourth-order valence-electron chi connectivity index (χ4n) is 7.63. The Labute approximate surface area is 298 Å². The van der Waals surface area contributed by atoms with Crippen molar-refractivity contribution in [3.8, 4) is 5.69 Å². The minimum Gasteiger partial charge on any atom is -0.392 e. The molecule has 1 saturated carbocycles. The van der Waals surface area contributed by atoms with Crippen LogP contribution in [-0.2, 0) is 22.3 Å². The van der Waals surface area contributed by atoms with Gasteiger partial charge in [-0.25, -0.2) is 4.68 Å². The van der Waals surface area contributed by atoms with E-state index >= 15 is 0 Å². The maximum absolute atomic E-state index is 14.4. The maximum Gasteiger partial charge on any atom is 0.416 e. The third-order valence-corrected chi connectivity index (χ3v) is 10.5. The number of carbonyl (C=O) groups is 3. The zero-order valence-corrected chi connectivity index (χ0v) is 28.6. The van der Waals surface area contributed by atoms with E-state index in [4.69, 9.17) is 0 Å². The second-order valence-electron chi connectivity index (χ2n) is 13.9. The van der Waals surface area contributed by atoms with Gasteiger partial charge in [0.15, 0.2) is 0 Å². The number of likely N-dealkylation sites (N-methyl/N-ethyl adjacent to an activating group) is 1. The number of hydrogen-bond donors (Lipinski definition) is 3. The highest BCUT2D eigenvalue weighted by atomic mass is 19.4. The highest BCUT2D eigenvalue weighted by Gasteiger charge is 2.54. The van der Waals surface area contributed by atoms with Crippen molar-refractivity contribution in [2.45, 2.75) is 50.6 Å². The number of aliphatic hydroxyl groups is 1. The molecule has 3 atom stereocenters. The number of alkyl halides is 3. The molecule has 4 aromatic rings. The van der Waals surface area contributed by atoms with Crippen LogP contribution in [0.2, 0.25) is 0 Å². The Morgan fingerprint density at radius 2 is 1.79 bits per heavy atom. The van der Waals surface area contributed by atoms with Crippen molar-refractivity contribution in [2.24, 2.45) is 5.41 Å². The molecule has 2 fully saturated rings. The van der Waals surface area contributed by atoms with Crippen LogP contribution in [0.15, 0.2) is 97.2 Å². The van der Waals surface area contributed by atoms with Crippen molar-refractivity contribution in [2.75, 3.05) is 31.1 Å². The molecule has 270 valence electrons. The number of halogens is 3. The molecule has 13 heteroatoms. The van der Waals surface area contributed by atoms with Crippen LogP contribution in [0.25, 0.3) is 5.69 Å². The molecule has 10 nitrogen and oxygen atoms in total. The van der Waals surface area contributed by atoms with E-state index in [1.54, 1.807) is 23.9 Å². The number of fused-ring (bicyclic) bond motifs is 1. The molecule has 2 aliphatic heterocycles. The lowest BCUT2D eigenvalue weighted by atomic mass is 9.61. The number of para-hydroxylation sites is 1. The Hall–Kier alpha value is -5.27. The van der Waals surface area contributed by atoms with Crippen LogP contribution >= 0.6 is 0 Å². The summed E-state index contributed by atoms with van der Waals surface area (Å²) in [6, 6.07) is 19.4. The van der Waals surface area contributed by atoms with Crippen molar-refractivity contribution in [3.63, 3.8) is 0 Å². The first-order valence-electron chi connectivity index (χ1n) is 17.3. The van der Waals surface area contributed by atoms with E-state index in [0.29, 0.717) is 34.8 Å².